The van der Waals surface area contributed by atoms with E-state index in [-0.39, 0.29) is 11.1 Å². The minimum Gasteiger partial charge on any atom is -0.435 e. The Morgan fingerprint density at radius 3 is 2.21 bits per heavy atom. The first-order valence-electron chi connectivity index (χ1n) is 12.2. The topological polar surface area (TPSA) is 38.9 Å². The molecule has 0 saturated carbocycles. The van der Waals surface area contributed by atoms with Crippen molar-refractivity contribution < 1.29 is 12.6 Å². The summed E-state index contributed by atoms with van der Waals surface area (Å²) < 4.78 is 53.0. The van der Waals surface area contributed by atoms with Gasteiger partial charge in [0.15, 0.2) is 5.58 Å². The average Bonchev–Trinajstić information content (AvgIpc) is 3.27. The highest BCUT2D eigenvalue weighted by Gasteiger charge is 2.16. The molecule has 0 aliphatic heterocycles. The first-order valence-corrected chi connectivity index (χ1v) is 9.18. The standard InChI is InChI=1S/C26H20N2O/c1-17-13-23(27-16-18(17)2)21-14-22(19-9-5-3-6-10-19)25-24(15-21)28-26(29-25)20-11-7-4-8-12-20/h3-16H,1-2H3/i1D3,2D3. The quantitative estimate of drug-likeness (QED) is 0.343. The molecular weight excluding hydrogens is 356 g/mol. The monoisotopic (exact) mass is 382 g/mol. The first-order chi connectivity index (χ1) is 16.6. The van der Waals surface area contributed by atoms with Crippen LogP contribution in [0, 0.1) is 13.7 Å². The smallest absolute Gasteiger partial charge is 0.227 e. The third-order valence-electron chi connectivity index (χ3n) is 4.80. The van der Waals surface area contributed by atoms with Crippen LogP contribution in [0.5, 0.6) is 0 Å². The molecule has 0 N–H and O–H groups in total. The summed E-state index contributed by atoms with van der Waals surface area (Å²) >= 11 is 0. The van der Waals surface area contributed by atoms with Crippen molar-refractivity contribution in [3.05, 3.63) is 96.2 Å². The Morgan fingerprint density at radius 2 is 1.48 bits per heavy atom. The number of aromatic nitrogens is 2. The van der Waals surface area contributed by atoms with Crippen LogP contribution >= 0.6 is 0 Å². The fourth-order valence-corrected chi connectivity index (χ4v) is 3.33. The lowest BCUT2D eigenvalue weighted by Gasteiger charge is -2.08. The maximum atomic E-state index is 7.89. The van der Waals surface area contributed by atoms with Crippen LogP contribution in [0.1, 0.15) is 19.4 Å². The maximum absolute atomic E-state index is 7.89. The Hall–Kier alpha value is -3.72. The highest BCUT2D eigenvalue weighted by atomic mass is 16.3. The van der Waals surface area contributed by atoms with Gasteiger partial charge < -0.3 is 4.42 Å². The van der Waals surface area contributed by atoms with Gasteiger partial charge in [0.2, 0.25) is 5.89 Å². The maximum Gasteiger partial charge on any atom is 0.227 e. The van der Waals surface area contributed by atoms with E-state index in [0.29, 0.717) is 28.2 Å². The summed E-state index contributed by atoms with van der Waals surface area (Å²) in [6.07, 6.45) is 1.13. The SMILES string of the molecule is [2H]C([2H])([2H])c1cnc(-c2cc(-c3ccccc3)c3oc(-c4ccccc4)nc3c2)cc1C([2H])([2H])[2H]. The molecule has 2 aromatic heterocycles. The third kappa shape index (κ3) is 3.21. The number of rotatable bonds is 3. The molecule has 0 aliphatic rings. The van der Waals surface area contributed by atoms with Gasteiger partial charge in [0.25, 0.3) is 0 Å². The van der Waals surface area contributed by atoms with Crippen molar-refractivity contribution in [2.75, 3.05) is 0 Å². The van der Waals surface area contributed by atoms with Crippen molar-refractivity contribution in [3.63, 3.8) is 0 Å². The van der Waals surface area contributed by atoms with Crippen LogP contribution in [0.25, 0.3) is 44.9 Å². The highest BCUT2D eigenvalue weighted by molar-refractivity contribution is 5.95. The zero-order valence-corrected chi connectivity index (χ0v) is 15.4. The van der Waals surface area contributed by atoms with Crippen LogP contribution in [-0.2, 0) is 0 Å². The number of hydrogen-bond acceptors (Lipinski definition) is 3. The minimum absolute atomic E-state index is 0.242. The summed E-state index contributed by atoms with van der Waals surface area (Å²) in [6, 6.07) is 24.1. The Bertz CT molecular complexity index is 1510. The third-order valence-corrected chi connectivity index (χ3v) is 4.80. The van der Waals surface area contributed by atoms with Crippen LogP contribution in [0.2, 0.25) is 0 Å². The molecule has 3 nitrogen and oxygen atoms in total. The van der Waals surface area contributed by atoms with E-state index in [1.165, 1.54) is 6.07 Å². The number of fused-ring (bicyclic) bond motifs is 1. The zero-order chi connectivity index (χ0) is 24.8. The largest absolute Gasteiger partial charge is 0.435 e. The van der Waals surface area contributed by atoms with Crippen LogP contribution in [0.15, 0.2) is 89.5 Å². The Morgan fingerprint density at radius 1 is 0.759 bits per heavy atom. The van der Waals surface area contributed by atoms with Crippen molar-refractivity contribution >= 4 is 11.1 Å². The average molecular weight is 382 g/mol. The summed E-state index contributed by atoms with van der Waals surface area (Å²) in [5.74, 6) is 0.462. The number of nitrogens with zero attached hydrogens (tertiary/aromatic N) is 2. The van der Waals surface area contributed by atoms with E-state index in [4.69, 9.17) is 12.6 Å². The first kappa shape index (κ1) is 12.0. The predicted molar refractivity (Wildman–Crippen MR) is 118 cm³/mol. The summed E-state index contributed by atoms with van der Waals surface area (Å²) in [7, 11) is 0. The summed E-state index contributed by atoms with van der Waals surface area (Å²) in [5.41, 5.74) is 4.09. The Labute approximate surface area is 178 Å². The van der Waals surface area contributed by atoms with Crippen LogP contribution < -0.4 is 0 Å². The molecule has 0 spiro atoms. The van der Waals surface area contributed by atoms with Gasteiger partial charge in [0.05, 0.1) is 5.69 Å². The molecule has 2 heterocycles. The molecule has 0 aliphatic carbocycles. The highest BCUT2D eigenvalue weighted by Crippen LogP contribution is 2.36. The fraction of sp³-hybridized carbons (Fsp3) is 0.0769. The van der Waals surface area contributed by atoms with Gasteiger partial charge in [-0.15, -0.1) is 0 Å². The lowest BCUT2D eigenvalue weighted by atomic mass is 9.99. The molecular formula is C26H20N2O. The van der Waals surface area contributed by atoms with Gasteiger partial charge in [-0.05, 0) is 60.7 Å². The molecule has 0 bridgehead atoms. The predicted octanol–water partition coefficient (Wildman–Crippen LogP) is 6.84. The Balaban J connectivity index is 1.75. The van der Waals surface area contributed by atoms with Crippen LogP contribution in [0.4, 0.5) is 0 Å². The number of aryl methyl sites for hydroxylation is 2. The van der Waals surface area contributed by atoms with E-state index < -0.39 is 13.7 Å². The van der Waals surface area contributed by atoms with E-state index in [9.17, 15) is 0 Å². The fourth-order valence-electron chi connectivity index (χ4n) is 3.33. The van der Waals surface area contributed by atoms with E-state index >= 15 is 0 Å². The van der Waals surface area contributed by atoms with E-state index in [0.717, 1.165) is 22.9 Å². The van der Waals surface area contributed by atoms with Crippen molar-refractivity contribution in [3.8, 4) is 33.8 Å². The summed E-state index contributed by atoms with van der Waals surface area (Å²) in [6.45, 7) is -5.20. The normalized spacial score (nSPS) is 15.0. The second-order valence-corrected chi connectivity index (χ2v) is 6.74. The van der Waals surface area contributed by atoms with Crippen molar-refractivity contribution in [2.45, 2.75) is 13.7 Å². The molecule has 140 valence electrons. The van der Waals surface area contributed by atoms with Crippen molar-refractivity contribution in [2.24, 2.45) is 0 Å². The molecule has 5 aromatic rings. The molecule has 0 unspecified atom stereocenters. The second kappa shape index (κ2) is 7.02. The second-order valence-electron chi connectivity index (χ2n) is 6.74. The molecule has 0 saturated heterocycles. The van der Waals surface area contributed by atoms with Gasteiger partial charge >= 0.3 is 0 Å². The van der Waals surface area contributed by atoms with Gasteiger partial charge in [-0.25, -0.2) is 4.98 Å². The number of pyridine rings is 1. The molecule has 0 fully saturated rings. The minimum atomic E-state index is -2.61. The van der Waals surface area contributed by atoms with Crippen LogP contribution in [0.3, 0.4) is 0 Å². The van der Waals surface area contributed by atoms with Gasteiger partial charge in [-0.1, -0.05) is 48.5 Å². The van der Waals surface area contributed by atoms with E-state index in [2.05, 4.69) is 9.97 Å². The number of hydrogen-bond donors (Lipinski definition) is 0. The Kier molecular flexibility index (Phi) is 2.90. The van der Waals surface area contributed by atoms with Gasteiger partial charge in [-0.2, -0.15) is 0 Å². The van der Waals surface area contributed by atoms with Crippen molar-refractivity contribution in [1.29, 1.82) is 0 Å². The summed E-state index contributed by atoms with van der Waals surface area (Å²) in [4.78, 5) is 9.02. The molecule has 0 radical (unpaired) electrons. The van der Waals surface area contributed by atoms with Gasteiger partial charge in [0.1, 0.15) is 5.52 Å². The van der Waals surface area contributed by atoms with Crippen LogP contribution in [-0.4, -0.2) is 9.97 Å². The lowest BCUT2D eigenvalue weighted by molar-refractivity contribution is 0.621. The molecule has 3 aromatic carbocycles. The van der Waals surface area contributed by atoms with Gasteiger partial charge in [-0.3, -0.25) is 4.98 Å². The van der Waals surface area contributed by atoms with Gasteiger partial charge in [0, 0.05) is 31.1 Å². The molecule has 5 rings (SSSR count). The summed E-state index contributed by atoms with van der Waals surface area (Å²) in [5, 5.41) is 0. The van der Waals surface area contributed by atoms with E-state index in [1.807, 2.05) is 66.7 Å². The number of oxazole rings is 1. The molecule has 3 heteroatoms. The zero-order valence-electron chi connectivity index (χ0n) is 21.4. The molecule has 0 amide bonds. The molecule has 0 atom stereocenters. The molecule has 29 heavy (non-hydrogen) atoms. The van der Waals surface area contributed by atoms with E-state index in [1.54, 1.807) is 6.07 Å². The van der Waals surface area contributed by atoms with Crippen molar-refractivity contribution in [1.82, 2.24) is 9.97 Å². The number of benzene rings is 3. The lowest BCUT2D eigenvalue weighted by Crippen LogP contribution is -1.90.